The summed E-state index contributed by atoms with van der Waals surface area (Å²) in [6.45, 7) is 4.52. The molecule has 29 heavy (non-hydrogen) atoms. The van der Waals surface area contributed by atoms with Gasteiger partial charge in [0, 0.05) is 24.6 Å². The van der Waals surface area contributed by atoms with Crippen LogP contribution >= 0.6 is 11.6 Å². The first-order valence-corrected chi connectivity index (χ1v) is 9.93. The molecule has 152 valence electrons. The second-order valence-electron chi connectivity index (χ2n) is 6.73. The summed E-state index contributed by atoms with van der Waals surface area (Å²) in [6, 6.07) is 14.6. The van der Waals surface area contributed by atoms with Gasteiger partial charge in [0.2, 0.25) is 11.7 Å². The molecule has 1 heterocycles. The lowest BCUT2D eigenvalue weighted by Crippen LogP contribution is -2.40. The average molecular weight is 414 g/mol. The molecule has 0 unspecified atom stereocenters. The van der Waals surface area contributed by atoms with Crippen molar-refractivity contribution in [3.8, 4) is 17.1 Å². The fourth-order valence-electron chi connectivity index (χ4n) is 2.98. The van der Waals surface area contributed by atoms with Crippen molar-refractivity contribution in [2.24, 2.45) is 0 Å². The van der Waals surface area contributed by atoms with Gasteiger partial charge in [-0.15, -0.1) is 0 Å². The van der Waals surface area contributed by atoms with Crippen molar-refractivity contribution >= 4 is 17.5 Å². The predicted molar refractivity (Wildman–Crippen MR) is 112 cm³/mol. The molecule has 0 bridgehead atoms. The number of hydrogen-bond donors (Lipinski definition) is 0. The molecule has 7 heteroatoms. The van der Waals surface area contributed by atoms with Gasteiger partial charge < -0.3 is 14.2 Å². The van der Waals surface area contributed by atoms with Crippen LogP contribution in [0.3, 0.4) is 0 Å². The molecule has 1 atom stereocenters. The van der Waals surface area contributed by atoms with Gasteiger partial charge in [0.25, 0.3) is 5.91 Å². The topological polar surface area (TPSA) is 68.5 Å². The van der Waals surface area contributed by atoms with E-state index in [0.29, 0.717) is 35.3 Å². The van der Waals surface area contributed by atoms with E-state index in [4.69, 9.17) is 20.9 Å². The van der Waals surface area contributed by atoms with E-state index in [-0.39, 0.29) is 11.9 Å². The molecule has 0 aliphatic carbocycles. The third-order valence-electron chi connectivity index (χ3n) is 4.85. The van der Waals surface area contributed by atoms with E-state index in [1.54, 1.807) is 24.1 Å². The van der Waals surface area contributed by atoms with E-state index in [0.717, 1.165) is 17.7 Å². The van der Waals surface area contributed by atoms with Crippen molar-refractivity contribution in [3.63, 3.8) is 0 Å². The van der Waals surface area contributed by atoms with E-state index >= 15 is 0 Å². The normalized spacial score (nSPS) is 11.9. The van der Waals surface area contributed by atoms with E-state index < -0.39 is 0 Å². The van der Waals surface area contributed by atoms with Gasteiger partial charge in [0.15, 0.2) is 0 Å². The quantitative estimate of drug-likeness (QED) is 0.526. The Balaban J connectivity index is 1.74. The van der Waals surface area contributed by atoms with E-state index in [1.807, 2.05) is 50.2 Å². The summed E-state index contributed by atoms with van der Waals surface area (Å²) in [5, 5.41) is 4.50. The minimum atomic E-state index is -0.0996. The van der Waals surface area contributed by atoms with Crippen molar-refractivity contribution in [2.75, 3.05) is 13.7 Å². The van der Waals surface area contributed by atoms with Crippen molar-refractivity contribution in [3.05, 3.63) is 65.0 Å². The zero-order valence-corrected chi connectivity index (χ0v) is 17.5. The summed E-state index contributed by atoms with van der Waals surface area (Å²) in [5.41, 5.74) is 1.31. The average Bonchev–Trinajstić information content (AvgIpc) is 3.23. The van der Waals surface area contributed by atoms with Crippen molar-refractivity contribution in [1.82, 2.24) is 15.0 Å². The second kappa shape index (κ2) is 9.56. The fourth-order valence-corrected chi connectivity index (χ4v) is 3.20. The largest absolute Gasteiger partial charge is 0.497 e. The second-order valence-corrected chi connectivity index (χ2v) is 7.14. The first-order chi connectivity index (χ1) is 14.0. The minimum Gasteiger partial charge on any atom is -0.497 e. The lowest BCUT2D eigenvalue weighted by Gasteiger charge is -2.28. The third kappa shape index (κ3) is 4.95. The number of carbonyl (C=O) groups is 1. The fraction of sp³-hybridized carbons (Fsp3) is 0.318. The SMILES string of the molecule is CC[C@@H](C)N(CCc1nc(-c2cccc(OC)c2)no1)C(=O)c1ccccc1Cl. The number of aromatic nitrogens is 2. The summed E-state index contributed by atoms with van der Waals surface area (Å²) >= 11 is 6.23. The van der Waals surface area contributed by atoms with Crippen LogP contribution in [-0.4, -0.2) is 40.6 Å². The standard InChI is InChI=1S/C22H24ClN3O3/c1-4-15(2)26(22(27)18-10-5-6-11-19(18)23)13-12-20-24-21(25-29-20)16-8-7-9-17(14-16)28-3/h5-11,14-15H,4,12-13H2,1-3H3/t15-/m1/s1. The summed E-state index contributed by atoms with van der Waals surface area (Å²) in [5.74, 6) is 1.59. The van der Waals surface area contributed by atoms with Crippen LogP contribution in [-0.2, 0) is 6.42 Å². The van der Waals surface area contributed by atoms with Crippen LogP contribution in [0, 0.1) is 0 Å². The molecular weight excluding hydrogens is 390 g/mol. The number of halogens is 1. The third-order valence-corrected chi connectivity index (χ3v) is 5.18. The number of nitrogens with zero attached hydrogens (tertiary/aromatic N) is 3. The van der Waals surface area contributed by atoms with Crippen LogP contribution in [0.15, 0.2) is 53.1 Å². The highest BCUT2D eigenvalue weighted by molar-refractivity contribution is 6.33. The van der Waals surface area contributed by atoms with E-state index in [9.17, 15) is 4.79 Å². The van der Waals surface area contributed by atoms with Crippen LogP contribution in [0.2, 0.25) is 5.02 Å². The van der Waals surface area contributed by atoms with Crippen LogP contribution in [0.25, 0.3) is 11.4 Å². The molecule has 0 aliphatic heterocycles. The number of carbonyl (C=O) groups excluding carboxylic acids is 1. The van der Waals surface area contributed by atoms with Gasteiger partial charge in [-0.25, -0.2) is 0 Å². The number of ether oxygens (including phenoxy) is 1. The highest BCUT2D eigenvalue weighted by atomic mass is 35.5. The van der Waals surface area contributed by atoms with Gasteiger partial charge in [-0.1, -0.05) is 47.9 Å². The molecule has 0 fully saturated rings. The van der Waals surface area contributed by atoms with Crippen LogP contribution in [0.1, 0.15) is 36.5 Å². The molecule has 2 aromatic carbocycles. The van der Waals surface area contributed by atoms with Crippen LogP contribution in [0.5, 0.6) is 5.75 Å². The number of benzene rings is 2. The van der Waals surface area contributed by atoms with Gasteiger partial charge >= 0.3 is 0 Å². The molecule has 0 N–H and O–H groups in total. The Morgan fingerprint density at radius 3 is 2.76 bits per heavy atom. The molecule has 6 nitrogen and oxygen atoms in total. The number of methoxy groups -OCH3 is 1. The van der Waals surface area contributed by atoms with Crippen LogP contribution < -0.4 is 4.74 Å². The van der Waals surface area contributed by atoms with Crippen molar-refractivity contribution in [2.45, 2.75) is 32.7 Å². The maximum absolute atomic E-state index is 13.0. The Morgan fingerprint density at radius 2 is 2.03 bits per heavy atom. The van der Waals surface area contributed by atoms with Crippen LogP contribution in [0.4, 0.5) is 0 Å². The number of hydrogen-bond acceptors (Lipinski definition) is 5. The Labute approximate surface area is 175 Å². The Kier molecular flexibility index (Phi) is 6.88. The first kappa shape index (κ1) is 20.9. The monoisotopic (exact) mass is 413 g/mol. The molecule has 1 aromatic heterocycles. The lowest BCUT2D eigenvalue weighted by molar-refractivity contribution is 0.0686. The van der Waals surface area contributed by atoms with E-state index in [2.05, 4.69) is 10.1 Å². The number of rotatable bonds is 8. The zero-order chi connectivity index (χ0) is 20.8. The van der Waals surface area contributed by atoms with Crippen molar-refractivity contribution < 1.29 is 14.1 Å². The zero-order valence-electron chi connectivity index (χ0n) is 16.8. The molecule has 3 rings (SSSR count). The summed E-state index contributed by atoms with van der Waals surface area (Å²) in [4.78, 5) is 19.3. The molecule has 0 spiro atoms. The summed E-state index contributed by atoms with van der Waals surface area (Å²) in [6.07, 6.45) is 1.28. The Bertz CT molecular complexity index is 973. The smallest absolute Gasteiger partial charge is 0.255 e. The Hall–Kier alpha value is -2.86. The predicted octanol–water partition coefficient (Wildman–Crippen LogP) is 4.88. The number of amides is 1. The first-order valence-electron chi connectivity index (χ1n) is 9.56. The summed E-state index contributed by atoms with van der Waals surface area (Å²) in [7, 11) is 1.61. The van der Waals surface area contributed by atoms with Gasteiger partial charge in [-0.2, -0.15) is 4.98 Å². The maximum Gasteiger partial charge on any atom is 0.255 e. The van der Waals surface area contributed by atoms with Gasteiger partial charge in [-0.3, -0.25) is 4.79 Å². The maximum atomic E-state index is 13.0. The highest BCUT2D eigenvalue weighted by Gasteiger charge is 2.23. The molecule has 0 saturated heterocycles. The summed E-state index contributed by atoms with van der Waals surface area (Å²) < 4.78 is 10.6. The van der Waals surface area contributed by atoms with Crippen molar-refractivity contribution in [1.29, 1.82) is 0 Å². The Morgan fingerprint density at radius 1 is 1.24 bits per heavy atom. The van der Waals surface area contributed by atoms with Gasteiger partial charge in [0.05, 0.1) is 17.7 Å². The molecule has 0 radical (unpaired) electrons. The molecule has 3 aromatic rings. The van der Waals surface area contributed by atoms with E-state index in [1.165, 1.54) is 0 Å². The van der Waals surface area contributed by atoms with Gasteiger partial charge in [-0.05, 0) is 37.6 Å². The highest BCUT2D eigenvalue weighted by Crippen LogP contribution is 2.22. The van der Waals surface area contributed by atoms with Gasteiger partial charge in [0.1, 0.15) is 5.75 Å². The molecular formula is C22H24ClN3O3. The molecule has 0 saturated carbocycles. The minimum absolute atomic E-state index is 0.0551. The lowest BCUT2D eigenvalue weighted by atomic mass is 10.1. The molecule has 0 aliphatic rings. The molecule has 1 amide bonds.